The Kier molecular flexibility index (Phi) is 4.68. The Bertz CT molecular complexity index is 1080. The molecule has 1 amide bonds. The van der Waals surface area contributed by atoms with Gasteiger partial charge in [0, 0.05) is 12.1 Å². The molecule has 0 N–H and O–H groups in total. The van der Waals surface area contributed by atoms with Crippen LogP contribution in [0.2, 0.25) is 5.02 Å². The largest absolute Gasteiger partial charge is 0.335 e. The Morgan fingerprint density at radius 1 is 1.19 bits per heavy atom. The first-order valence-electron chi connectivity index (χ1n) is 8.43. The van der Waals surface area contributed by atoms with Gasteiger partial charge < -0.3 is 4.90 Å². The van der Waals surface area contributed by atoms with Gasteiger partial charge in [-0.2, -0.15) is 5.10 Å². The van der Waals surface area contributed by atoms with E-state index in [0.29, 0.717) is 17.1 Å². The minimum atomic E-state index is -0.0769. The lowest BCUT2D eigenvalue weighted by Crippen LogP contribution is -2.26. The molecule has 0 aliphatic rings. The summed E-state index contributed by atoms with van der Waals surface area (Å²) in [7, 11) is 1.79. The van der Waals surface area contributed by atoms with Crippen molar-refractivity contribution in [2.45, 2.75) is 13.5 Å². The van der Waals surface area contributed by atoms with Crippen molar-refractivity contribution in [1.82, 2.24) is 19.7 Å². The number of benzene rings is 2. The molecule has 0 aliphatic carbocycles. The van der Waals surface area contributed by atoms with E-state index >= 15 is 0 Å². The number of thiazole rings is 1. The SMILES string of the molecule is Cc1c(C(=O)N(C)Cc2nc3ccccc3s2)cnn1-c1ccc(Cl)cc1. The number of nitrogens with zero attached hydrogens (tertiary/aromatic N) is 4. The van der Waals surface area contributed by atoms with Crippen molar-refractivity contribution in [3.63, 3.8) is 0 Å². The molecule has 0 saturated heterocycles. The molecular weight excluding hydrogens is 380 g/mol. The standard InChI is InChI=1S/C20H17ClN4OS/c1-13-16(11-22-25(13)15-9-7-14(21)8-10-15)20(26)24(2)12-19-23-17-5-3-4-6-18(17)27-19/h3-11H,12H2,1-2H3. The molecule has 2 aromatic carbocycles. The smallest absolute Gasteiger partial charge is 0.257 e. The number of hydrogen-bond donors (Lipinski definition) is 0. The van der Waals surface area contributed by atoms with Gasteiger partial charge in [0.2, 0.25) is 0 Å². The molecule has 4 rings (SSSR count). The van der Waals surface area contributed by atoms with E-state index in [2.05, 4.69) is 10.1 Å². The molecule has 0 atom stereocenters. The van der Waals surface area contributed by atoms with Gasteiger partial charge >= 0.3 is 0 Å². The van der Waals surface area contributed by atoms with E-state index in [1.54, 1.807) is 46.3 Å². The first-order valence-corrected chi connectivity index (χ1v) is 9.63. The predicted octanol–water partition coefficient (Wildman–Crippen LogP) is 4.72. The van der Waals surface area contributed by atoms with Crippen LogP contribution in [0.25, 0.3) is 15.9 Å². The number of aromatic nitrogens is 3. The van der Waals surface area contributed by atoms with Crippen molar-refractivity contribution in [3.8, 4) is 5.69 Å². The van der Waals surface area contributed by atoms with Crippen LogP contribution in [-0.4, -0.2) is 32.6 Å². The summed E-state index contributed by atoms with van der Waals surface area (Å²) in [6.07, 6.45) is 1.61. The Morgan fingerprint density at radius 3 is 2.67 bits per heavy atom. The predicted molar refractivity (Wildman–Crippen MR) is 109 cm³/mol. The van der Waals surface area contributed by atoms with Gasteiger partial charge in [0.05, 0.1) is 39.9 Å². The number of fused-ring (bicyclic) bond motifs is 1. The summed E-state index contributed by atoms with van der Waals surface area (Å²) in [4.78, 5) is 19.2. The normalized spacial score (nSPS) is 11.1. The Hall–Kier alpha value is -2.70. The number of hydrogen-bond acceptors (Lipinski definition) is 4. The van der Waals surface area contributed by atoms with E-state index < -0.39 is 0 Å². The van der Waals surface area contributed by atoms with Crippen LogP contribution in [0.5, 0.6) is 0 Å². The summed E-state index contributed by atoms with van der Waals surface area (Å²) < 4.78 is 2.87. The average molecular weight is 397 g/mol. The number of para-hydroxylation sites is 1. The van der Waals surface area contributed by atoms with Crippen LogP contribution in [-0.2, 0) is 6.54 Å². The summed E-state index contributed by atoms with van der Waals surface area (Å²) >= 11 is 7.55. The van der Waals surface area contributed by atoms with E-state index in [-0.39, 0.29) is 5.91 Å². The molecule has 0 bridgehead atoms. The van der Waals surface area contributed by atoms with Crippen molar-refractivity contribution < 1.29 is 4.79 Å². The maximum absolute atomic E-state index is 12.9. The Labute approximate surface area is 165 Å². The third-order valence-corrected chi connectivity index (χ3v) is 5.64. The maximum atomic E-state index is 12.9. The minimum Gasteiger partial charge on any atom is -0.335 e. The fourth-order valence-corrected chi connectivity index (χ4v) is 4.08. The summed E-state index contributed by atoms with van der Waals surface area (Å²) in [5, 5.41) is 5.95. The molecule has 0 fully saturated rings. The third-order valence-electron chi connectivity index (χ3n) is 4.37. The monoisotopic (exact) mass is 396 g/mol. The topological polar surface area (TPSA) is 51.0 Å². The molecule has 4 aromatic rings. The van der Waals surface area contributed by atoms with Crippen LogP contribution in [0.3, 0.4) is 0 Å². The molecule has 0 aliphatic heterocycles. The highest BCUT2D eigenvalue weighted by Crippen LogP contribution is 2.23. The molecule has 0 radical (unpaired) electrons. The molecule has 27 heavy (non-hydrogen) atoms. The van der Waals surface area contributed by atoms with Gasteiger partial charge in [0.15, 0.2) is 0 Å². The summed E-state index contributed by atoms with van der Waals surface area (Å²) in [5.41, 5.74) is 3.20. The van der Waals surface area contributed by atoms with E-state index in [1.165, 1.54) is 0 Å². The van der Waals surface area contributed by atoms with E-state index in [4.69, 9.17) is 11.6 Å². The molecule has 5 nitrogen and oxygen atoms in total. The lowest BCUT2D eigenvalue weighted by atomic mass is 10.2. The first kappa shape index (κ1) is 17.7. The molecule has 2 heterocycles. The lowest BCUT2D eigenvalue weighted by Gasteiger charge is -2.15. The second-order valence-corrected chi connectivity index (χ2v) is 7.82. The van der Waals surface area contributed by atoms with Crippen LogP contribution in [0, 0.1) is 6.92 Å². The Morgan fingerprint density at radius 2 is 1.93 bits per heavy atom. The summed E-state index contributed by atoms with van der Waals surface area (Å²) in [6.45, 7) is 2.35. The van der Waals surface area contributed by atoms with Gasteiger partial charge in [-0.15, -0.1) is 11.3 Å². The third kappa shape index (κ3) is 3.46. The zero-order valence-electron chi connectivity index (χ0n) is 14.9. The zero-order chi connectivity index (χ0) is 19.0. The molecule has 0 spiro atoms. The Balaban J connectivity index is 1.56. The number of carbonyl (C=O) groups excluding carboxylic acids is 1. The molecule has 0 unspecified atom stereocenters. The fourth-order valence-electron chi connectivity index (χ4n) is 2.93. The number of rotatable bonds is 4. The highest BCUT2D eigenvalue weighted by Gasteiger charge is 2.20. The van der Waals surface area contributed by atoms with Crippen molar-refractivity contribution in [3.05, 3.63) is 76.0 Å². The summed E-state index contributed by atoms with van der Waals surface area (Å²) in [5.74, 6) is -0.0769. The van der Waals surface area contributed by atoms with Crippen molar-refractivity contribution in [1.29, 1.82) is 0 Å². The van der Waals surface area contributed by atoms with Crippen molar-refractivity contribution >= 4 is 39.1 Å². The van der Waals surface area contributed by atoms with Gasteiger partial charge in [-0.3, -0.25) is 4.79 Å². The highest BCUT2D eigenvalue weighted by atomic mass is 35.5. The van der Waals surface area contributed by atoms with Crippen LogP contribution < -0.4 is 0 Å². The van der Waals surface area contributed by atoms with E-state index in [0.717, 1.165) is 26.6 Å². The van der Waals surface area contributed by atoms with Crippen LogP contribution >= 0.6 is 22.9 Å². The zero-order valence-corrected chi connectivity index (χ0v) is 16.5. The van der Waals surface area contributed by atoms with E-state index in [9.17, 15) is 4.79 Å². The van der Waals surface area contributed by atoms with Gasteiger partial charge in [-0.05, 0) is 43.3 Å². The van der Waals surface area contributed by atoms with E-state index in [1.807, 2.05) is 43.3 Å². The van der Waals surface area contributed by atoms with Gasteiger partial charge in [-0.25, -0.2) is 9.67 Å². The van der Waals surface area contributed by atoms with Crippen LogP contribution in [0.1, 0.15) is 21.1 Å². The van der Waals surface area contributed by atoms with Crippen molar-refractivity contribution in [2.75, 3.05) is 7.05 Å². The molecule has 2 aromatic heterocycles. The maximum Gasteiger partial charge on any atom is 0.257 e. The quantitative estimate of drug-likeness (QED) is 0.501. The molecule has 7 heteroatoms. The van der Waals surface area contributed by atoms with Crippen molar-refractivity contribution in [2.24, 2.45) is 0 Å². The fraction of sp³-hybridized carbons (Fsp3) is 0.150. The highest BCUT2D eigenvalue weighted by molar-refractivity contribution is 7.18. The van der Waals surface area contributed by atoms with Gasteiger partial charge in [-0.1, -0.05) is 23.7 Å². The number of halogens is 1. The average Bonchev–Trinajstić information content (AvgIpc) is 3.24. The second kappa shape index (κ2) is 7.13. The minimum absolute atomic E-state index is 0.0769. The second-order valence-electron chi connectivity index (χ2n) is 6.27. The van der Waals surface area contributed by atoms with Crippen LogP contribution in [0.15, 0.2) is 54.7 Å². The summed E-state index contributed by atoms with van der Waals surface area (Å²) in [6, 6.07) is 15.3. The molecular formula is C20H17ClN4OS. The molecule has 0 saturated carbocycles. The number of amides is 1. The lowest BCUT2D eigenvalue weighted by molar-refractivity contribution is 0.0784. The number of carbonyl (C=O) groups is 1. The van der Waals surface area contributed by atoms with Crippen LogP contribution in [0.4, 0.5) is 0 Å². The van der Waals surface area contributed by atoms with Gasteiger partial charge in [0.1, 0.15) is 5.01 Å². The van der Waals surface area contributed by atoms with Gasteiger partial charge in [0.25, 0.3) is 5.91 Å². The molecule has 136 valence electrons. The first-order chi connectivity index (χ1) is 13.0.